The maximum Gasteiger partial charge on any atom is 0.327 e. The smallest absolute Gasteiger partial charge is 0.327 e. The normalized spacial score (nSPS) is 12.9. The van der Waals surface area contributed by atoms with E-state index in [1.54, 1.807) is 6.08 Å². The zero-order valence-corrected chi connectivity index (χ0v) is 13.7. The van der Waals surface area contributed by atoms with E-state index in [2.05, 4.69) is 6.92 Å². The summed E-state index contributed by atoms with van der Waals surface area (Å²) in [6.07, 6.45) is 17.5. The lowest BCUT2D eigenvalue weighted by atomic mass is 9.95. The second-order valence-corrected chi connectivity index (χ2v) is 5.94. The van der Waals surface area contributed by atoms with Crippen molar-refractivity contribution < 1.29 is 15.0 Å². The molecule has 0 aliphatic carbocycles. The molecule has 3 heteroatoms. The standard InChI is InChI=1S/C18H34O3/c1-2-3-4-5-6-7-8-9-10-12-17(13-11-16-19)14-15-18(20)21/h14-15,17,19H,2-13,16H2,1H3,(H,20,21)/b15-14+/t17-/m0/s1. The highest BCUT2D eigenvalue weighted by atomic mass is 16.4. The van der Waals surface area contributed by atoms with Crippen LogP contribution in [0.15, 0.2) is 12.2 Å². The Hall–Kier alpha value is -0.830. The molecule has 0 saturated heterocycles. The quantitative estimate of drug-likeness (QED) is 0.333. The highest BCUT2D eigenvalue weighted by Gasteiger charge is 2.05. The van der Waals surface area contributed by atoms with Gasteiger partial charge in [0.25, 0.3) is 0 Å². The molecule has 0 aromatic rings. The van der Waals surface area contributed by atoms with Crippen LogP contribution < -0.4 is 0 Å². The predicted molar refractivity (Wildman–Crippen MR) is 88.4 cm³/mol. The fourth-order valence-electron chi connectivity index (χ4n) is 2.63. The van der Waals surface area contributed by atoms with Gasteiger partial charge in [-0.3, -0.25) is 0 Å². The predicted octanol–water partition coefficient (Wildman–Crippen LogP) is 4.94. The van der Waals surface area contributed by atoms with Crippen LogP contribution in [0.25, 0.3) is 0 Å². The zero-order valence-electron chi connectivity index (χ0n) is 13.7. The first-order valence-electron chi connectivity index (χ1n) is 8.72. The average molecular weight is 298 g/mol. The first-order valence-corrected chi connectivity index (χ1v) is 8.72. The number of aliphatic hydroxyl groups is 1. The number of hydrogen-bond donors (Lipinski definition) is 2. The van der Waals surface area contributed by atoms with Gasteiger partial charge < -0.3 is 10.2 Å². The molecule has 124 valence electrons. The second-order valence-electron chi connectivity index (χ2n) is 5.94. The van der Waals surface area contributed by atoms with Crippen molar-refractivity contribution in [1.82, 2.24) is 0 Å². The van der Waals surface area contributed by atoms with Crippen LogP contribution >= 0.6 is 0 Å². The van der Waals surface area contributed by atoms with E-state index < -0.39 is 5.97 Å². The molecule has 0 aromatic carbocycles. The van der Waals surface area contributed by atoms with Gasteiger partial charge in [-0.25, -0.2) is 4.79 Å². The Kier molecular flexibility index (Phi) is 14.9. The van der Waals surface area contributed by atoms with Gasteiger partial charge in [0.2, 0.25) is 0 Å². The van der Waals surface area contributed by atoms with Crippen molar-refractivity contribution in [2.24, 2.45) is 5.92 Å². The largest absolute Gasteiger partial charge is 0.478 e. The fraction of sp³-hybridized carbons (Fsp3) is 0.833. The van der Waals surface area contributed by atoms with Gasteiger partial charge in [-0.1, -0.05) is 70.8 Å². The first kappa shape index (κ1) is 20.2. The lowest BCUT2D eigenvalue weighted by Gasteiger charge is -2.11. The molecule has 2 N–H and O–H groups in total. The molecular weight excluding hydrogens is 264 g/mol. The van der Waals surface area contributed by atoms with E-state index in [9.17, 15) is 4.79 Å². The Morgan fingerprint density at radius 1 is 0.905 bits per heavy atom. The molecule has 0 unspecified atom stereocenters. The van der Waals surface area contributed by atoms with Crippen LogP contribution in [0.1, 0.15) is 84.0 Å². The monoisotopic (exact) mass is 298 g/mol. The minimum absolute atomic E-state index is 0.190. The van der Waals surface area contributed by atoms with Crippen molar-refractivity contribution in [3.05, 3.63) is 12.2 Å². The van der Waals surface area contributed by atoms with Gasteiger partial charge in [0.05, 0.1) is 0 Å². The van der Waals surface area contributed by atoms with E-state index in [1.165, 1.54) is 57.4 Å². The summed E-state index contributed by atoms with van der Waals surface area (Å²) in [7, 11) is 0. The number of carbonyl (C=O) groups is 1. The van der Waals surface area contributed by atoms with Crippen LogP contribution in [0.2, 0.25) is 0 Å². The Morgan fingerprint density at radius 2 is 1.43 bits per heavy atom. The molecule has 3 nitrogen and oxygen atoms in total. The molecule has 0 saturated carbocycles. The van der Waals surface area contributed by atoms with Crippen LogP contribution in [0.3, 0.4) is 0 Å². The van der Waals surface area contributed by atoms with Gasteiger partial charge in [-0.15, -0.1) is 0 Å². The van der Waals surface area contributed by atoms with Gasteiger partial charge in [-0.05, 0) is 25.2 Å². The summed E-state index contributed by atoms with van der Waals surface area (Å²) in [5.74, 6) is -0.575. The summed E-state index contributed by atoms with van der Waals surface area (Å²) in [5, 5.41) is 17.6. The van der Waals surface area contributed by atoms with E-state index in [0.717, 1.165) is 25.7 Å². The fourth-order valence-corrected chi connectivity index (χ4v) is 2.63. The molecule has 0 aliphatic heterocycles. The molecule has 0 aliphatic rings. The lowest BCUT2D eigenvalue weighted by molar-refractivity contribution is -0.131. The summed E-state index contributed by atoms with van der Waals surface area (Å²) < 4.78 is 0. The maximum atomic E-state index is 10.6. The van der Waals surface area contributed by atoms with E-state index in [4.69, 9.17) is 10.2 Å². The van der Waals surface area contributed by atoms with Crippen molar-refractivity contribution in [3.8, 4) is 0 Å². The molecule has 0 amide bonds. The van der Waals surface area contributed by atoms with Crippen molar-refractivity contribution in [2.45, 2.75) is 84.0 Å². The molecule has 0 bridgehead atoms. The first-order chi connectivity index (χ1) is 10.2. The van der Waals surface area contributed by atoms with E-state index in [-0.39, 0.29) is 6.61 Å². The summed E-state index contributed by atoms with van der Waals surface area (Å²) >= 11 is 0. The van der Waals surface area contributed by atoms with Crippen molar-refractivity contribution in [3.63, 3.8) is 0 Å². The van der Waals surface area contributed by atoms with E-state index in [0.29, 0.717) is 5.92 Å². The third-order valence-electron chi connectivity index (χ3n) is 3.92. The van der Waals surface area contributed by atoms with Gasteiger partial charge in [0, 0.05) is 12.7 Å². The average Bonchev–Trinajstić information content (AvgIpc) is 2.47. The third-order valence-corrected chi connectivity index (χ3v) is 3.92. The molecule has 0 radical (unpaired) electrons. The molecule has 0 aromatic heterocycles. The number of unbranched alkanes of at least 4 members (excludes halogenated alkanes) is 8. The van der Waals surface area contributed by atoms with E-state index in [1.807, 2.05) is 0 Å². The second kappa shape index (κ2) is 15.6. The summed E-state index contributed by atoms with van der Waals surface area (Å²) in [4.78, 5) is 10.6. The molecule has 0 rings (SSSR count). The number of aliphatic hydroxyl groups excluding tert-OH is 1. The van der Waals surface area contributed by atoms with E-state index >= 15 is 0 Å². The van der Waals surface area contributed by atoms with Crippen molar-refractivity contribution in [2.75, 3.05) is 6.61 Å². The van der Waals surface area contributed by atoms with Crippen LogP contribution in [0, 0.1) is 5.92 Å². The summed E-state index contributed by atoms with van der Waals surface area (Å²) in [5.41, 5.74) is 0. The van der Waals surface area contributed by atoms with Gasteiger partial charge >= 0.3 is 5.97 Å². The minimum atomic E-state index is -0.879. The van der Waals surface area contributed by atoms with Crippen molar-refractivity contribution >= 4 is 5.97 Å². The zero-order chi connectivity index (χ0) is 15.8. The Balaban J connectivity index is 3.60. The number of hydrogen-bond acceptors (Lipinski definition) is 2. The molecule has 21 heavy (non-hydrogen) atoms. The molecule has 0 fully saturated rings. The minimum Gasteiger partial charge on any atom is -0.478 e. The number of rotatable bonds is 15. The Bertz CT molecular complexity index is 261. The van der Waals surface area contributed by atoms with Crippen LogP contribution in [0.5, 0.6) is 0 Å². The third kappa shape index (κ3) is 15.4. The highest BCUT2D eigenvalue weighted by Crippen LogP contribution is 2.18. The Labute approximate surface area is 130 Å². The Morgan fingerprint density at radius 3 is 1.95 bits per heavy atom. The lowest BCUT2D eigenvalue weighted by Crippen LogP contribution is -2.00. The molecular formula is C18H34O3. The van der Waals surface area contributed by atoms with Gasteiger partial charge in [0.1, 0.15) is 0 Å². The number of carboxylic acid groups (broad SMARTS) is 1. The molecule has 1 atom stereocenters. The number of allylic oxidation sites excluding steroid dienone is 1. The van der Waals surface area contributed by atoms with Crippen LogP contribution in [-0.2, 0) is 4.79 Å². The topological polar surface area (TPSA) is 57.5 Å². The SMILES string of the molecule is CCCCCCCCCCC[C@H](/C=C/C(=O)O)CCCO. The molecule has 0 heterocycles. The van der Waals surface area contributed by atoms with Crippen molar-refractivity contribution in [1.29, 1.82) is 0 Å². The molecule has 0 spiro atoms. The summed E-state index contributed by atoms with van der Waals surface area (Å²) in [6.45, 7) is 2.43. The number of carboxylic acids is 1. The van der Waals surface area contributed by atoms with Crippen LogP contribution in [0.4, 0.5) is 0 Å². The number of aliphatic carboxylic acids is 1. The van der Waals surface area contributed by atoms with Gasteiger partial charge in [0.15, 0.2) is 0 Å². The summed E-state index contributed by atoms with van der Waals surface area (Å²) in [6, 6.07) is 0. The highest BCUT2D eigenvalue weighted by molar-refractivity contribution is 5.79. The maximum absolute atomic E-state index is 10.6. The van der Waals surface area contributed by atoms with Gasteiger partial charge in [-0.2, -0.15) is 0 Å². The van der Waals surface area contributed by atoms with Crippen LogP contribution in [-0.4, -0.2) is 22.8 Å².